The molecule has 0 spiro atoms. The van der Waals surface area contributed by atoms with E-state index in [1.807, 2.05) is 0 Å². The summed E-state index contributed by atoms with van der Waals surface area (Å²) in [6, 6.07) is 8.27. The Morgan fingerprint density at radius 2 is 2.10 bits per heavy atom. The molecule has 1 aliphatic heterocycles. The second-order valence-electron chi connectivity index (χ2n) is 4.66. The first-order chi connectivity index (χ1) is 9.58. The van der Waals surface area contributed by atoms with Gasteiger partial charge in [0.25, 0.3) is 0 Å². The molecular weight excluding hydrogens is 272 g/mol. The molecule has 2 atom stereocenters. The molecule has 1 aromatic carbocycles. The zero-order valence-corrected chi connectivity index (χ0v) is 12.3. The maximum absolute atomic E-state index is 12.6. The Hall–Kier alpha value is -1.57. The first-order valence-corrected chi connectivity index (χ1v) is 8.16. The Morgan fingerprint density at radius 1 is 1.40 bits per heavy atom. The molecule has 1 heterocycles. The van der Waals surface area contributed by atoms with Crippen LogP contribution < -0.4 is 0 Å². The standard InChI is InChI=1S/C16H18O3S/c1-3-5-6-10-13-15-16(4-2,19-15)20(17,18)14-11-8-7-9-12-14/h4,7-9,11-12,15H,2-3,5-6H2,1H3/t15-,16-/m1/s1. The second-order valence-corrected chi connectivity index (χ2v) is 6.78. The lowest BCUT2D eigenvalue weighted by Gasteiger charge is -2.08. The van der Waals surface area contributed by atoms with Gasteiger partial charge in [-0.1, -0.05) is 44.0 Å². The molecule has 0 aromatic heterocycles. The van der Waals surface area contributed by atoms with Crippen molar-refractivity contribution in [3.63, 3.8) is 0 Å². The van der Waals surface area contributed by atoms with Crippen LogP contribution in [0.25, 0.3) is 0 Å². The fraction of sp³-hybridized carbons (Fsp3) is 0.375. The van der Waals surface area contributed by atoms with Crippen LogP contribution in [0.3, 0.4) is 0 Å². The quantitative estimate of drug-likeness (QED) is 0.362. The van der Waals surface area contributed by atoms with Gasteiger partial charge < -0.3 is 4.74 Å². The number of hydrogen-bond donors (Lipinski definition) is 0. The minimum absolute atomic E-state index is 0.234. The SMILES string of the molecule is C=C[C@]1(S(=O)(=O)c2ccccc2)O[C@@H]1C#CCCCC. The minimum atomic E-state index is -3.61. The van der Waals surface area contributed by atoms with Crippen LogP contribution in [0.5, 0.6) is 0 Å². The normalized spacial score (nSPS) is 24.6. The Bertz CT molecular complexity index is 637. The Morgan fingerprint density at radius 3 is 2.70 bits per heavy atom. The first kappa shape index (κ1) is 14.8. The number of hydrogen-bond acceptors (Lipinski definition) is 3. The lowest BCUT2D eigenvalue weighted by Crippen LogP contribution is -2.25. The fourth-order valence-corrected chi connectivity index (χ4v) is 3.63. The van der Waals surface area contributed by atoms with Gasteiger partial charge in [0.05, 0.1) is 4.90 Å². The summed E-state index contributed by atoms with van der Waals surface area (Å²) in [4.78, 5) is -1.15. The van der Waals surface area contributed by atoms with E-state index in [9.17, 15) is 8.42 Å². The number of epoxide rings is 1. The monoisotopic (exact) mass is 290 g/mol. The van der Waals surface area contributed by atoms with Crippen LogP contribution >= 0.6 is 0 Å². The van der Waals surface area contributed by atoms with Crippen molar-refractivity contribution >= 4 is 9.84 Å². The third kappa shape index (κ3) is 2.52. The summed E-state index contributed by atoms with van der Waals surface area (Å²) in [5.74, 6) is 5.86. The molecule has 0 unspecified atom stereocenters. The number of benzene rings is 1. The van der Waals surface area contributed by atoms with Crippen molar-refractivity contribution in [2.24, 2.45) is 0 Å². The van der Waals surface area contributed by atoms with Crippen molar-refractivity contribution in [1.29, 1.82) is 0 Å². The van der Waals surface area contributed by atoms with E-state index in [1.165, 1.54) is 6.08 Å². The van der Waals surface area contributed by atoms with E-state index < -0.39 is 20.9 Å². The van der Waals surface area contributed by atoms with Gasteiger partial charge in [-0.15, -0.1) is 5.92 Å². The number of sulfone groups is 1. The smallest absolute Gasteiger partial charge is 0.230 e. The van der Waals surface area contributed by atoms with Crippen LogP contribution in [0.1, 0.15) is 26.2 Å². The highest BCUT2D eigenvalue weighted by molar-refractivity contribution is 7.93. The Labute approximate surface area is 120 Å². The zero-order valence-electron chi connectivity index (χ0n) is 11.5. The van der Waals surface area contributed by atoms with E-state index in [0.29, 0.717) is 0 Å². The lowest BCUT2D eigenvalue weighted by atomic mass is 10.2. The molecule has 20 heavy (non-hydrogen) atoms. The Kier molecular flexibility index (Phi) is 4.32. The summed E-state index contributed by atoms with van der Waals surface area (Å²) in [7, 11) is -3.61. The fourth-order valence-electron chi connectivity index (χ4n) is 1.96. The summed E-state index contributed by atoms with van der Waals surface area (Å²) in [5.41, 5.74) is 0. The molecule has 2 rings (SSSR count). The van der Waals surface area contributed by atoms with Gasteiger partial charge in [-0.3, -0.25) is 0 Å². The van der Waals surface area contributed by atoms with Crippen molar-refractivity contribution in [3.05, 3.63) is 43.0 Å². The molecule has 1 aromatic rings. The molecule has 1 fully saturated rings. The van der Waals surface area contributed by atoms with E-state index in [0.717, 1.165) is 19.3 Å². The summed E-state index contributed by atoms with van der Waals surface area (Å²) in [5, 5.41) is 0. The summed E-state index contributed by atoms with van der Waals surface area (Å²) < 4.78 is 30.5. The second kappa shape index (κ2) is 5.82. The van der Waals surface area contributed by atoms with Crippen LogP contribution in [0.2, 0.25) is 0 Å². The maximum Gasteiger partial charge on any atom is 0.230 e. The van der Waals surface area contributed by atoms with E-state index in [4.69, 9.17) is 4.74 Å². The first-order valence-electron chi connectivity index (χ1n) is 6.68. The average molecular weight is 290 g/mol. The highest BCUT2D eigenvalue weighted by Crippen LogP contribution is 2.45. The minimum Gasteiger partial charge on any atom is -0.331 e. The van der Waals surface area contributed by atoms with Crippen molar-refractivity contribution in [1.82, 2.24) is 0 Å². The topological polar surface area (TPSA) is 46.7 Å². The van der Waals surface area contributed by atoms with Gasteiger partial charge in [-0.2, -0.15) is 0 Å². The van der Waals surface area contributed by atoms with E-state index in [-0.39, 0.29) is 4.90 Å². The molecule has 0 N–H and O–H groups in total. The molecular formula is C16H18O3S. The van der Waals surface area contributed by atoms with E-state index in [1.54, 1.807) is 30.3 Å². The molecule has 106 valence electrons. The summed E-state index contributed by atoms with van der Waals surface area (Å²) >= 11 is 0. The van der Waals surface area contributed by atoms with Crippen molar-refractivity contribution in [2.75, 3.05) is 0 Å². The van der Waals surface area contributed by atoms with E-state index in [2.05, 4.69) is 25.3 Å². The van der Waals surface area contributed by atoms with Gasteiger partial charge in [-0.05, 0) is 24.6 Å². The van der Waals surface area contributed by atoms with Gasteiger partial charge in [0.2, 0.25) is 14.8 Å². The third-order valence-corrected chi connectivity index (χ3v) is 5.47. The molecule has 3 nitrogen and oxygen atoms in total. The molecule has 4 heteroatoms. The predicted molar refractivity (Wildman–Crippen MR) is 78.7 cm³/mol. The average Bonchev–Trinajstić information content (AvgIpc) is 3.20. The van der Waals surface area contributed by atoms with Crippen molar-refractivity contribution in [3.8, 4) is 11.8 Å². The van der Waals surface area contributed by atoms with Crippen LogP contribution in [-0.4, -0.2) is 19.5 Å². The van der Waals surface area contributed by atoms with Crippen LogP contribution in [-0.2, 0) is 14.6 Å². The molecule has 0 aliphatic carbocycles. The van der Waals surface area contributed by atoms with Crippen LogP contribution in [0, 0.1) is 11.8 Å². The molecule has 1 aliphatic rings. The predicted octanol–water partition coefficient (Wildman–Crippen LogP) is 2.94. The Balaban J connectivity index is 2.22. The van der Waals surface area contributed by atoms with Gasteiger partial charge in [0, 0.05) is 6.42 Å². The van der Waals surface area contributed by atoms with Crippen molar-refractivity contribution < 1.29 is 13.2 Å². The summed E-state index contributed by atoms with van der Waals surface area (Å²) in [6.45, 7) is 5.70. The zero-order chi connectivity index (χ0) is 14.6. The molecule has 0 radical (unpaired) electrons. The lowest BCUT2D eigenvalue weighted by molar-refractivity contribution is 0.388. The van der Waals surface area contributed by atoms with Gasteiger partial charge in [0.1, 0.15) is 0 Å². The van der Waals surface area contributed by atoms with Gasteiger partial charge in [-0.25, -0.2) is 8.42 Å². The van der Waals surface area contributed by atoms with Gasteiger partial charge in [0.15, 0.2) is 6.10 Å². The molecule has 0 bridgehead atoms. The number of ether oxygens (including phenoxy) is 1. The van der Waals surface area contributed by atoms with Crippen molar-refractivity contribution in [2.45, 2.75) is 42.1 Å². The van der Waals surface area contributed by atoms with E-state index >= 15 is 0 Å². The van der Waals surface area contributed by atoms with Crippen LogP contribution in [0.4, 0.5) is 0 Å². The number of rotatable bonds is 5. The molecule has 0 saturated carbocycles. The highest BCUT2D eigenvalue weighted by Gasteiger charge is 2.64. The molecule has 0 amide bonds. The largest absolute Gasteiger partial charge is 0.331 e. The third-order valence-electron chi connectivity index (χ3n) is 3.26. The highest BCUT2D eigenvalue weighted by atomic mass is 32.2. The number of unbranched alkanes of at least 4 members (excludes halogenated alkanes) is 2. The maximum atomic E-state index is 12.6. The summed E-state index contributed by atoms with van der Waals surface area (Å²) in [6.07, 6.45) is 3.56. The van der Waals surface area contributed by atoms with Crippen LogP contribution in [0.15, 0.2) is 47.9 Å². The van der Waals surface area contributed by atoms with Gasteiger partial charge >= 0.3 is 0 Å². The molecule has 1 saturated heterocycles.